The van der Waals surface area contributed by atoms with E-state index in [0.717, 1.165) is 0 Å². The molecule has 1 aromatic carbocycles. The molecule has 0 unspecified atom stereocenters. The summed E-state index contributed by atoms with van der Waals surface area (Å²) in [7, 11) is 0.602. The van der Waals surface area contributed by atoms with Crippen LogP contribution in [0.25, 0.3) is 0 Å². The van der Waals surface area contributed by atoms with Gasteiger partial charge in [0.05, 0.1) is 0 Å². The predicted molar refractivity (Wildman–Crippen MR) is 53.8 cm³/mol. The molecule has 0 bridgehead atoms. The number of hydrogen-bond donors (Lipinski definition) is 1. The van der Waals surface area contributed by atoms with E-state index in [2.05, 4.69) is 0 Å². The minimum atomic E-state index is -0.234. The van der Waals surface area contributed by atoms with Gasteiger partial charge in [-0.2, -0.15) is 0 Å². The van der Waals surface area contributed by atoms with E-state index in [1.54, 1.807) is 13.0 Å². The maximum Gasteiger partial charge on any atom is 0.569 e. The first kappa shape index (κ1) is 11.1. The third kappa shape index (κ3) is 2.26. The van der Waals surface area contributed by atoms with Crippen LogP contribution >= 0.6 is 0 Å². The lowest BCUT2D eigenvalue weighted by molar-refractivity contribution is 0.449. The molecular formula is C10H13BFO2. The van der Waals surface area contributed by atoms with Gasteiger partial charge in [0, 0.05) is 0 Å². The van der Waals surface area contributed by atoms with Crippen molar-refractivity contribution < 1.29 is 14.1 Å². The fourth-order valence-corrected chi connectivity index (χ4v) is 1.29. The Hall–Kier alpha value is -1.03. The molecule has 0 saturated carbocycles. The first-order valence-corrected chi connectivity index (χ1v) is 4.49. The summed E-state index contributed by atoms with van der Waals surface area (Å²) in [4.78, 5) is 0. The number of aryl methyl sites for hydroxylation is 1. The minimum absolute atomic E-state index is 0.0941. The number of rotatable bonds is 3. The zero-order valence-electron chi connectivity index (χ0n) is 8.54. The molecule has 1 aromatic rings. The highest BCUT2D eigenvalue weighted by Gasteiger charge is 2.11. The summed E-state index contributed by atoms with van der Waals surface area (Å²) in [6, 6.07) is 3.02. The van der Waals surface area contributed by atoms with Gasteiger partial charge in [0.15, 0.2) is 0 Å². The van der Waals surface area contributed by atoms with Crippen molar-refractivity contribution in [3.63, 3.8) is 0 Å². The molecular weight excluding hydrogens is 182 g/mol. The van der Waals surface area contributed by atoms with Crippen molar-refractivity contribution in [1.29, 1.82) is 0 Å². The second-order valence-corrected chi connectivity index (χ2v) is 3.52. The first-order chi connectivity index (χ1) is 6.56. The first-order valence-electron chi connectivity index (χ1n) is 4.49. The van der Waals surface area contributed by atoms with Crippen molar-refractivity contribution in [3.8, 4) is 5.75 Å². The maximum absolute atomic E-state index is 13.4. The quantitative estimate of drug-likeness (QED) is 0.748. The molecule has 0 aliphatic rings. The topological polar surface area (TPSA) is 29.5 Å². The smallest absolute Gasteiger partial charge is 0.537 e. The normalized spacial score (nSPS) is 10.4. The molecule has 0 fully saturated rings. The van der Waals surface area contributed by atoms with Gasteiger partial charge < -0.3 is 9.68 Å². The van der Waals surface area contributed by atoms with Crippen LogP contribution in [0.3, 0.4) is 0 Å². The van der Waals surface area contributed by atoms with Crippen LogP contribution in [0.15, 0.2) is 12.1 Å². The Morgan fingerprint density at radius 1 is 1.43 bits per heavy atom. The van der Waals surface area contributed by atoms with Crippen LogP contribution in [0.2, 0.25) is 0 Å². The van der Waals surface area contributed by atoms with Crippen LogP contribution in [0.1, 0.15) is 30.9 Å². The van der Waals surface area contributed by atoms with E-state index in [9.17, 15) is 4.39 Å². The fraction of sp³-hybridized carbons (Fsp3) is 0.400. The van der Waals surface area contributed by atoms with E-state index in [0.29, 0.717) is 24.6 Å². The average molecular weight is 195 g/mol. The lowest BCUT2D eigenvalue weighted by Crippen LogP contribution is -2.04. The maximum atomic E-state index is 13.4. The largest absolute Gasteiger partial charge is 0.569 e. The number of halogens is 1. The van der Waals surface area contributed by atoms with Crippen molar-refractivity contribution in [2.75, 3.05) is 0 Å². The van der Waals surface area contributed by atoms with Gasteiger partial charge in [0.1, 0.15) is 11.6 Å². The molecule has 0 saturated heterocycles. The van der Waals surface area contributed by atoms with E-state index in [-0.39, 0.29) is 11.7 Å². The van der Waals surface area contributed by atoms with Gasteiger partial charge in [-0.3, -0.25) is 0 Å². The number of hydrogen-bond acceptors (Lipinski definition) is 2. The molecule has 0 atom stereocenters. The fourth-order valence-electron chi connectivity index (χ4n) is 1.29. The van der Waals surface area contributed by atoms with E-state index in [1.807, 2.05) is 13.8 Å². The van der Waals surface area contributed by atoms with Crippen LogP contribution in [0.5, 0.6) is 5.75 Å². The molecule has 1 N–H and O–H groups in total. The lowest BCUT2D eigenvalue weighted by Gasteiger charge is -2.12. The molecule has 75 valence electrons. The van der Waals surface area contributed by atoms with Crippen LogP contribution < -0.4 is 4.65 Å². The summed E-state index contributed by atoms with van der Waals surface area (Å²) in [5, 5.41) is 8.50. The monoisotopic (exact) mass is 195 g/mol. The van der Waals surface area contributed by atoms with Crippen LogP contribution in [0, 0.1) is 12.7 Å². The molecule has 4 heteroatoms. The van der Waals surface area contributed by atoms with E-state index < -0.39 is 0 Å². The molecule has 1 radical (unpaired) electrons. The zero-order valence-corrected chi connectivity index (χ0v) is 8.54. The second kappa shape index (κ2) is 4.46. The summed E-state index contributed by atoms with van der Waals surface area (Å²) in [5.74, 6) is 0.344. The third-order valence-corrected chi connectivity index (χ3v) is 2.10. The van der Waals surface area contributed by atoms with Crippen molar-refractivity contribution in [1.82, 2.24) is 0 Å². The molecule has 0 spiro atoms. The Morgan fingerprint density at radius 3 is 2.57 bits per heavy atom. The van der Waals surface area contributed by atoms with Crippen molar-refractivity contribution >= 4 is 7.69 Å². The summed E-state index contributed by atoms with van der Waals surface area (Å²) in [6.45, 7) is 5.53. The summed E-state index contributed by atoms with van der Waals surface area (Å²) in [5.41, 5.74) is 1.25. The van der Waals surface area contributed by atoms with Gasteiger partial charge in [-0.15, -0.1) is 0 Å². The van der Waals surface area contributed by atoms with E-state index in [1.165, 1.54) is 6.07 Å². The predicted octanol–water partition coefficient (Wildman–Crippen LogP) is 2.16. The Balaban J connectivity index is 3.13. The van der Waals surface area contributed by atoms with Gasteiger partial charge in [-0.05, 0) is 36.1 Å². The Labute approximate surface area is 84.0 Å². The second-order valence-electron chi connectivity index (χ2n) is 3.52. The van der Waals surface area contributed by atoms with Gasteiger partial charge in [0.2, 0.25) is 0 Å². The summed E-state index contributed by atoms with van der Waals surface area (Å²) < 4.78 is 18.2. The van der Waals surface area contributed by atoms with Crippen LogP contribution in [-0.4, -0.2) is 12.7 Å². The standard InChI is InChI=1S/C10H13BFO2/c1-6(2)8-5-10(14-11-13)7(3)4-9(8)12/h4-6,13H,1-3H3. The third-order valence-electron chi connectivity index (χ3n) is 2.10. The minimum Gasteiger partial charge on any atom is -0.537 e. The average Bonchev–Trinajstić information content (AvgIpc) is 2.09. The van der Waals surface area contributed by atoms with Crippen molar-refractivity contribution in [3.05, 3.63) is 29.1 Å². The summed E-state index contributed by atoms with van der Waals surface area (Å²) >= 11 is 0. The summed E-state index contributed by atoms with van der Waals surface area (Å²) in [6.07, 6.45) is 0. The number of benzene rings is 1. The molecule has 2 nitrogen and oxygen atoms in total. The molecule has 0 aliphatic heterocycles. The van der Waals surface area contributed by atoms with Gasteiger partial charge >= 0.3 is 7.69 Å². The molecule has 14 heavy (non-hydrogen) atoms. The Kier molecular flexibility index (Phi) is 3.52. The lowest BCUT2D eigenvalue weighted by atomic mass is 10.0. The van der Waals surface area contributed by atoms with E-state index in [4.69, 9.17) is 9.68 Å². The SMILES string of the molecule is Cc1cc(F)c(C(C)C)cc1O[B]O. The highest BCUT2D eigenvalue weighted by molar-refractivity contribution is 6.17. The molecule has 0 amide bonds. The van der Waals surface area contributed by atoms with Crippen molar-refractivity contribution in [2.24, 2.45) is 0 Å². The molecule has 0 aliphatic carbocycles. The van der Waals surface area contributed by atoms with Gasteiger partial charge in [-0.1, -0.05) is 13.8 Å². The van der Waals surface area contributed by atoms with Crippen LogP contribution in [0.4, 0.5) is 4.39 Å². The Bertz CT molecular complexity index is 326. The highest BCUT2D eigenvalue weighted by atomic mass is 19.1. The molecule has 1 rings (SSSR count). The van der Waals surface area contributed by atoms with Gasteiger partial charge in [-0.25, -0.2) is 4.39 Å². The zero-order chi connectivity index (χ0) is 10.7. The van der Waals surface area contributed by atoms with Gasteiger partial charge in [0.25, 0.3) is 0 Å². The highest BCUT2D eigenvalue weighted by Crippen LogP contribution is 2.26. The van der Waals surface area contributed by atoms with Crippen LogP contribution in [-0.2, 0) is 0 Å². The van der Waals surface area contributed by atoms with Crippen molar-refractivity contribution in [2.45, 2.75) is 26.7 Å². The van der Waals surface area contributed by atoms with E-state index >= 15 is 0 Å². The molecule has 0 aromatic heterocycles. The Morgan fingerprint density at radius 2 is 2.07 bits per heavy atom. The molecule has 0 heterocycles.